The van der Waals surface area contributed by atoms with E-state index in [4.69, 9.17) is 11.1 Å². The number of hydrogen-bond donors (Lipinski definition) is 2. The molecule has 0 aliphatic carbocycles. The zero-order valence-electron chi connectivity index (χ0n) is 4.52. The molecule has 0 unspecified atom stereocenters. The summed E-state index contributed by atoms with van der Waals surface area (Å²) in [5.41, 5.74) is 5.22. The van der Waals surface area contributed by atoms with Crippen LogP contribution in [0, 0.1) is 5.41 Å². The molecule has 0 saturated carbocycles. The van der Waals surface area contributed by atoms with Gasteiger partial charge in [0.1, 0.15) is 5.84 Å². The maximum absolute atomic E-state index is 7.05. The van der Waals surface area contributed by atoms with E-state index in [1.165, 1.54) is 11.3 Å². The van der Waals surface area contributed by atoms with E-state index in [1.54, 1.807) is 0 Å². The lowest BCUT2D eigenvalue weighted by atomic mass is 10.4. The topological polar surface area (TPSA) is 49.9 Å². The van der Waals surface area contributed by atoms with Crippen LogP contribution in [0.3, 0.4) is 0 Å². The third-order valence-corrected chi connectivity index (χ3v) is 2.73. The van der Waals surface area contributed by atoms with Gasteiger partial charge in [-0.3, -0.25) is 5.41 Å². The van der Waals surface area contributed by atoms with Crippen molar-refractivity contribution in [3.8, 4) is 0 Å². The van der Waals surface area contributed by atoms with Crippen molar-refractivity contribution in [2.45, 2.75) is 7.43 Å². The highest BCUT2D eigenvalue weighted by Crippen LogP contribution is 2.21. The van der Waals surface area contributed by atoms with Crippen LogP contribution in [0.4, 0.5) is 0 Å². The van der Waals surface area contributed by atoms with Gasteiger partial charge in [0.15, 0.2) is 0 Å². The maximum Gasteiger partial charge on any atom is 0.134 e. The fourth-order valence-electron chi connectivity index (χ4n) is 0.486. The van der Waals surface area contributed by atoms with Crippen LogP contribution in [-0.4, -0.2) is 5.84 Å². The average molecular weight is 221 g/mol. The molecule has 0 aliphatic heterocycles. The summed E-state index contributed by atoms with van der Waals surface area (Å²) < 4.78 is 0.903. The Kier molecular flexibility index (Phi) is 3.60. The molecule has 0 radical (unpaired) electrons. The summed E-state index contributed by atoms with van der Waals surface area (Å²) in [5.74, 6) is 0.122. The monoisotopic (exact) mass is 220 g/mol. The van der Waals surface area contributed by atoms with E-state index < -0.39 is 0 Å². The number of nitrogens with two attached hydrogens (primary N) is 1. The Hall–Kier alpha value is -0.350. The van der Waals surface area contributed by atoms with E-state index in [9.17, 15) is 0 Å². The van der Waals surface area contributed by atoms with Crippen LogP contribution in [0.15, 0.2) is 15.9 Å². The van der Waals surface area contributed by atoms with Gasteiger partial charge >= 0.3 is 0 Å². The third-order valence-electron chi connectivity index (χ3n) is 0.862. The molecule has 2 nitrogen and oxygen atoms in total. The molecule has 10 heavy (non-hydrogen) atoms. The van der Waals surface area contributed by atoms with Gasteiger partial charge in [-0.2, -0.15) is 0 Å². The molecule has 56 valence electrons. The summed E-state index contributed by atoms with van der Waals surface area (Å²) in [6.45, 7) is 0. The molecule has 0 bridgehead atoms. The van der Waals surface area contributed by atoms with E-state index >= 15 is 0 Å². The number of thiophene rings is 1. The Bertz CT molecular complexity index is 231. The minimum Gasteiger partial charge on any atom is -0.383 e. The number of hydrogen-bond acceptors (Lipinski definition) is 2. The zero-order valence-corrected chi connectivity index (χ0v) is 6.92. The summed E-state index contributed by atoms with van der Waals surface area (Å²) in [5, 5.41) is 8.94. The first-order valence-electron chi connectivity index (χ1n) is 2.29. The number of amidine groups is 1. The van der Waals surface area contributed by atoms with Crippen molar-refractivity contribution in [1.29, 1.82) is 5.41 Å². The zero-order chi connectivity index (χ0) is 6.85. The Labute approximate surface area is 72.7 Å². The van der Waals surface area contributed by atoms with E-state index in [-0.39, 0.29) is 13.3 Å². The van der Waals surface area contributed by atoms with Gasteiger partial charge in [0.25, 0.3) is 0 Å². The molecule has 1 aromatic rings. The molecule has 1 aromatic heterocycles. The van der Waals surface area contributed by atoms with Gasteiger partial charge in [-0.15, -0.1) is 11.3 Å². The van der Waals surface area contributed by atoms with Crippen LogP contribution in [0.2, 0.25) is 0 Å². The van der Waals surface area contributed by atoms with Crippen LogP contribution in [0.25, 0.3) is 0 Å². The second-order valence-corrected chi connectivity index (χ2v) is 3.28. The van der Waals surface area contributed by atoms with Gasteiger partial charge in [0.05, 0.1) is 4.88 Å². The van der Waals surface area contributed by atoms with Crippen molar-refractivity contribution in [3.05, 3.63) is 20.8 Å². The average Bonchev–Trinajstić information content (AvgIpc) is 2.13. The van der Waals surface area contributed by atoms with Crippen molar-refractivity contribution in [1.82, 2.24) is 0 Å². The number of nitrogen functional groups attached to an aromatic ring is 1. The van der Waals surface area contributed by atoms with E-state index in [0.29, 0.717) is 0 Å². The molecule has 3 N–H and O–H groups in total. The van der Waals surface area contributed by atoms with Gasteiger partial charge < -0.3 is 5.73 Å². The number of halogens is 1. The van der Waals surface area contributed by atoms with Crippen LogP contribution < -0.4 is 5.73 Å². The molecule has 0 saturated heterocycles. The van der Waals surface area contributed by atoms with Crippen molar-refractivity contribution < 1.29 is 0 Å². The Balaban J connectivity index is 0.000000810. The van der Waals surface area contributed by atoms with Crippen LogP contribution in [0.5, 0.6) is 0 Å². The van der Waals surface area contributed by atoms with Crippen LogP contribution >= 0.6 is 27.3 Å². The molecular formula is C6H9BrN2S. The second-order valence-electron chi connectivity index (χ2n) is 1.51. The molecule has 4 heteroatoms. The van der Waals surface area contributed by atoms with Crippen molar-refractivity contribution in [2.24, 2.45) is 5.73 Å². The normalized spacial score (nSPS) is 8.50. The summed E-state index contributed by atoms with van der Waals surface area (Å²) in [4.78, 5) is 0.801. The van der Waals surface area contributed by atoms with Gasteiger partial charge in [-0.05, 0) is 27.4 Å². The van der Waals surface area contributed by atoms with Crippen molar-refractivity contribution in [3.63, 3.8) is 0 Å². The maximum atomic E-state index is 7.05. The fourth-order valence-corrected chi connectivity index (χ4v) is 1.93. The molecule has 0 amide bonds. The Morgan fingerprint density at radius 3 is 2.50 bits per heavy atom. The summed E-state index contributed by atoms with van der Waals surface area (Å²) in [7, 11) is 0. The first-order valence-corrected chi connectivity index (χ1v) is 3.96. The van der Waals surface area contributed by atoms with Crippen molar-refractivity contribution in [2.75, 3.05) is 0 Å². The third kappa shape index (κ3) is 1.82. The molecule has 1 rings (SSSR count). The molecule has 0 atom stereocenters. The predicted octanol–water partition coefficient (Wildman–Crippen LogP) is 2.43. The standard InChI is InChI=1S/C5H5BrN2S.CH4/c6-3-1-2-9-4(3)5(7)8;/h1-2H,(H3,7,8);1H4. The highest BCUT2D eigenvalue weighted by atomic mass is 79.9. The molecule has 0 aliphatic rings. The van der Waals surface area contributed by atoms with Crippen molar-refractivity contribution >= 4 is 33.1 Å². The molecular weight excluding hydrogens is 212 g/mol. The molecule has 0 fully saturated rings. The van der Waals surface area contributed by atoms with E-state index in [1.807, 2.05) is 11.4 Å². The first kappa shape index (κ1) is 9.65. The number of nitrogens with one attached hydrogen (secondary N) is 1. The molecule has 0 spiro atoms. The van der Waals surface area contributed by atoms with Gasteiger partial charge in [-0.25, -0.2) is 0 Å². The fraction of sp³-hybridized carbons (Fsp3) is 0.167. The SMILES string of the molecule is C.N=C(N)c1sccc1Br. The highest BCUT2D eigenvalue weighted by Gasteiger charge is 2.01. The van der Waals surface area contributed by atoms with E-state index in [2.05, 4.69) is 15.9 Å². The first-order chi connectivity index (χ1) is 4.22. The van der Waals surface area contributed by atoms with Gasteiger partial charge in [0, 0.05) is 4.47 Å². The van der Waals surface area contributed by atoms with Gasteiger partial charge in [0.2, 0.25) is 0 Å². The molecule has 0 aromatic carbocycles. The summed E-state index contributed by atoms with van der Waals surface area (Å²) in [6, 6.07) is 1.88. The highest BCUT2D eigenvalue weighted by molar-refractivity contribution is 9.10. The Morgan fingerprint density at radius 1 is 1.70 bits per heavy atom. The summed E-state index contributed by atoms with van der Waals surface area (Å²) in [6.07, 6.45) is 0. The van der Waals surface area contributed by atoms with Crippen LogP contribution in [-0.2, 0) is 0 Å². The minimum absolute atomic E-state index is 0. The summed E-state index contributed by atoms with van der Waals surface area (Å²) >= 11 is 4.72. The Morgan fingerprint density at radius 2 is 2.30 bits per heavy atom. The quantitative estimate of drug-likeness (QED) is 0.555. The predicted molar refractivity (Wildman–Crippen MR) is 49.8 cm³/mol. The minimum atomic E-state index is 0. The molecule has 1 heterocycles. The number of rotatable bonds is 1. The lowest BCUT2D eigenvalue weighted by molar-refractivity contribution is 1.45. The van der Waals surface area contributed by atoms with Gasteiger partial charge in [-0.1, -0.05) is 7.43 Å². The van der Waals surface area contributed by atoms with Crippen LogP contribution in [0.1, 0.15) is 12.3 Å². The second kappa shape index (κ2) is 3.73. The smallest absolute Gasteiger partial charge is 0.134 e. The largest absolute Gasteiger partial charge is 0.383 e. The lowest BCUT2D eigenvalue weighted by Gasteiger charge is -1.89. The lowest BCUT2D eigenvalue weighted by Crippen LogP contribution is -2.08. The van der Waals surface area contributed by atoms with E-state index in [0.717, 1.165) is 9.35 Å².